The van der Waals surface area contributed by atoms with Crippen LogP contribution in [0.2, 0.25) is 0 Å². The smallest absolute Gasteiger partial charge is 0.220 e. The van der Waals surface area contributed by atoms with Crippen molar-refractivity contribution in [3.63, 3.8) is 0 Å². The molecule has 2 aromatic heterocycles. The fourth-order valence-electron chi connectivity index (χ4n) is 4.62. The third-order valence-corrected chi connectivity index (χ3v) is 6.32. The number of rotatable bonds is 5. The van der Waals surface area contributed by atoms with Crippen LogP contribution in [0.15, 0.2) is 91.1 Å². The Balaban J connectivity index is 1.64. The lowest BCUT2D eigenvalue weighted by Crippen LogP contribution is -1.99. The van der Waals surface area contributed by atoms with Crippen molar-refractivity contribution in [3.8, 4) is 22.7 Å². The highest BCUT2D eigenvalue weighted by Gasteiger charge is 2.18. The number of imidazole rings is 2. The first-order valence-electron chi connectivity index (χ1n) is 11.5. The van der Waals surface area contributed by atoms with Crippen molar-refractivity contribution in [1.29, 1.82) is 0 Å². The molecule has 4 nitrogen and oxygen atoms in total. The lowest BCUT2D eigenvalue weighted by Gasteiger charge is -2.11. The quantitative estimate of drug-likeness (QED) is 0.293. The molecule has 0 amide bonds. The Morgan fingerprint density at radius 2 is 1.61 bits per heavy atom. The van der Waals surface area contributed by atoms with E-state index in [0.29, 0.717) is 6.61 Å². The summed E-state index contributed by atoms with van der Waals surface area (Å²) in [5, 5.41) is 2.37. The molecule has 4 aromatic carbocycles. The molecule has 0 fully saturated rings. The van der Waals surface area contributed by atoms with Gasteiger partial charge in [0.15, 0.2) is 0 Å². The molecule has 33 heavy (non-hydrogen) atoms. The highest BCUT2D eigenvalue weighted by atomic mass is 16.5. The van der Waals surface area contributed by atoms with E-state index in [0.717, 1.165) is 40.4 Å². The Morgan fingerprint density at radius 3 is 2.36 bits per heavy atom. The van der Waals surface area contributed by atoms with Crippen molar-refractivity contribution in [1.82, 2.24) is 14.0 Å². The third kappa shape index (κ3) is 3.18. The van der Waals surface area contributed by atoms with E-state index < -0.39 is 0 Å². The van der Waals surface area contributed by atoms with Gasteiger partial charge in [-0.2, -0.15) is 0 Å². The zero-order chi connectivity index (χ0) is 22.4. The van der Waals surface area contributed by atoms with Gasteiger partial charge in [0.05, 0.1) is 23.3 Å². The summed E-state index contributed by atoms with van der Waals surface area (Å²) < 4.78 is 10.1. The van der Waals surface area contributed by atoms with Crippen LogP contribution in [-0.2, 0) is 6.42 Å². The van der Waals surface area contributed by atoms with Crippen LogP contribution in [0, 0.1) is 0 Å². The van der Waals surface area contributed by atoms with E-state index in [9.17, 15) is 0 Å². The summed E-state index contributed by atoms with van der Waals surface area (Å²) in [4.78, 5) is 5.15. The third-order valence-electron chi connectivity index (χ3n) is 6.32. The van der Waals surface area contributed by atoms with Gasteiger partial charge >= 0.3 is 0 Å². The van der Waals surface area contributed by atoms with E-state index in [2.05, 4.69) is 94.9 Å². The van der Waals surface area contributed by atoms with Crippen LogP contribution in [0.3, 0.4) is 0 Å². The molecule has 0 saturated heterocycles. The van der Waals surface area contributed by atoms with Gasteiger partial charge in [0.25, 0.3) is 0 Å². The number of nitrogens with zero attached hydrogens (tertiary/aromatic N) is 3. The molecule has 162 valence electrons. The summed E-state index contributed by atoms with van der Waals surface area (Å²) >= 11 is 0. The summed E-state index contributed by atoms with van der Waals surface area (Å²) in [7, 11) is 0. The van der Waals surface area contributed by atoms with E-state index in [-0.39, 0.29) is 0 Å². The Hall–Kier alpha value is -4.05. The SMILES string of the molecule is CCOc1ccc(-n2c(-c3ccc(CC)cc3)cn3c4ccc5ccccc5c4nc23)cc1. The minimum absolute atomic E-state index is 0.654. The number of aryl methyl sites for hydroxylation is 1. The molecule has 6 aromatic rings. The molecule has 0 aliphatic heterocycles. The lowest BCUT2D eigenvalue weighted by molar-refractivity contribution is 0.340. The maximum atomic E-state index is 5.67. The van der Waals surface area contributed by atoms with Gasteiger partial charge in [0, 0.05) is 22.8 Å². The van der Waals surface area contributed by atoms with E-state index in [1.54, 1.807) is 0 Å². The van der Waals surface area contributed by atoms with Crippen LogP contribution >= 0.6 is 0 Å². The van der Waals surface area contributed by atoms with Crippen LogP contribution in [-0.4, -0.2) is 20.6 Å². The van der Waals surface area contributed by atoms with Crippen molar-refractivity contribution in [2.45, 2.75) is 20.3 Å². The summed E-state index contributed by atoms with van der Waals surface area (Å²) in [6, 6.07) is 29.9. The maximum absolute atomic E-state index is 5.67. The van der Waals surface area contributed by atoms with Crippen molar-refractivity contribution < 1.29 is 4.74 Å². The molecule has 0 aliphatic rings. The number of aromatic nitrogens is 3. The minimum Gasteiger partial charge on any atom is -0.494 e. The van der Waals surface area contributed by atoms with Crippen LogP contribution < -0.4 is 4.74 Å². The summed E-state index contributed by atoms with van der Waals surface area (Å²) in [6.07, 6.45) is 3.23. The topological polar surface area (TPSA) is 31.5 Å². The van der Waals surface area contributed by atoms with Gasteiger partial charge in [-0.1, -0.05) is 61.5 Å². The molecule has 6 rings (SSSR count). The highest BCUT2D eigenvalue weighted by molar-refractivity contribution is 6.05. The lowest BCUT2D eigenvalue weighted by atomic mass is 10.1. The van der Waals surface area contributed by atoms with E-state index in [1.165, 1.54) is 21.9 Å². The molecule has 2 heterocycles. The molecule has 0 bridgehead atoms. The second kappa shape index (κ2) is 7.82. The summed E-state index contributed by atoms with van der Waals surface area (Å²) in [5.41, 5.74) is 6.80. The molecule has 4 heteroatoms. The van der Waals surface area contributed by atoms with Gasteiger partial charge in [-0.3, -0.25) is 8.97 Å². The van der Waals surface area contributed by atoms with E-state index in [4.69, 9.17) is 9.72 Å². The van der Waals surface area contributed by atoms with Crippen LogP contribution in [0.4, 0.5) is 0 Å². The van der Waals surface area contributed by atoms with Crippen LogP contribution in [0.5, 0.6) is 5.75 Å². The number of ether oxygens (including phenoxy) is 1. The zero-order valence-corrected chi connectivity index (χ0v) is 18.8. The standard InChI is InChI=1S/C29H25N3O/c1-3-20-9-11-22(12-10-20)27-19-31-26-18-13-21-7-5-6-8-25(21)28(26)30-29(31)32(27)23-14-16-24(17-15-23)33-4-2/h5-19H,3-4H2,1-2H3. The number of benzene rings is 4. The van der Waals surface area contributed by atoms with Crippen molar-refractivity contribution in [2.24, 2.45) is 0 Å². The average molecular weight is 432 g/mol. The predicted octanol–water partition coefficient (Wildman–Crippen LogP) is 7.06. The first-order chi connectivity index (χ1) is 16.3. The predicted molar refractivity (Wildman–Crippen MR) is 136 cm³/mol. The molecule has 0 radical (unpaired) electrons. The van der Waals surface area contributed by atoms with Gasteiger partial charge in [0.2, 0.25) is 5.78 Å². The normalized spacial score (nSPS) is 11.6. The monoisotopic (exact) mass is 431 g/mol. The molecule has 0 saturated carbocycles. The second-order valence-corrected chi connectivity index (χ2v) is 8.26. The van der Waals surface area contributed by atoms with Gasteiger partial charge in [0.1, 0.15) is 5.75 Å². The minimum atomic E-state index is 0.654. The Morgan fingerprint density at radius 1 is 0.818 bits per heavy atom. The summed E-state index contributed by atoms with van der Waals surface area (Å²) in [6.45, 7) is 4.84. The van der Waals surface area contributed by atoms with Crippen molar-refractivity contribution in [3.05, 3.63) is 96.7 Å². The average Bonchev–Trinajstić information content (AvgIpc) is 3.41. The molecule has 0 aliphatic carbocycles. The Labute approximate surface area is 192 Å². The number of hydrogen-bond donors (Lipinski definition) is 0. The molecular formula is C29H25N3O. The van der Waals surface area contributed by atoms with Crippen molar-refractivity contribution in [2.75, 3.05) is 6.61 Å². The molecule has 0 unspecified atom stereocenters. The van der Waals surface area contributed by atoms with Gasteiger partial charge < -0.3 is 4.74 Å². The van der Waals surface area contributed by atoms with E-state index in [1.807, 2.05) is 19.1 Å². The number of fused-ring (bicyclic) bond motifs is 5. The van der Waals surface area contributed by atoms with Gasteiger partial charge in [-0.15, -0.1) is 0 Å². The first kappa shape index (κ1) is 19.6. The Bertz CT molecular complexity index is 1590. The first-order valence-corrected chi connectivity index (χ1v) is 11.5. The fraction of sp³-hybridized carbons (Fsp3) is 0.138. The van der Waals surface area contributed by atoms with Gasteiger partial charge in [-0.05, 0) is 54.6 Å². The molecule has 0 spiro atoms. The highest BCUT2D eigenvalue weighted by Crippen LogP contribution is 2.33. The molecular weight excluding hydrogens is 406 g/mol. The van der Waals surface area contributed by atoms with Crippen molar-refractivity contribution >= 4 is 27.6 Å². The fourth-order valence-corrected chi connectivity index (χ4v) is 4.62. The second-order valence-electron chi connectivity index (χ2n) is 8.26. The van der Waals surface area contributed by atoms with Crippen LogP contribution in [0.25, 0.3) is 44.5 Å². The van der Waals surface area contributed by atoms with Gasteiger partial charge in [-0.25, -0.2) is 4.98 Å². The van der Waals surface area contributed by atoms with Crippen LogP contribution in [0.1, 0.15) is 19.4 Å². The zero-order valence-electron chi connectivity index (χ0n) is 18.8. The maximum Gasteiger partial charge on any atom is 0.220 e. The van der Waals surface area contributed by atoms with E-state index >= 15 is 0 Å². The largest absolute Gasteiger partial charge is 0.494 e. The molecule has 0 N–H and O–H groups in total. The molecule has 0 atom stereocenters. The number of hydrogen-bond acceptors (Lipinski definition) is 2. The summed E-state index contributed by atoms with van der Waals surface area (Å²) in [5.74, 6) is 1.78. The Kier molecular flexibility index (Phi) is 4.65.